The predicted octanol–water partition coefficient (Wildman–Crippen LogP) is 3.32. The lowest BCUT2D eigenvalue weighted by atomic mass is 10.1. The molecule has 1 aliphatic heterocycles. The van der Waals surface area contributed by atoms with Crippen molar-refractivity contribution in [1.29, 1.82) is 0 Å². The zero-order valence-corrected chi connectivity index (χ0v) is 15.9. The molecule has 1 saturated heterocycles. The number of rotatable bonds is 5. The lowest BCUT2D eigenvalue weighted by molar-refractivity contribution is -0.135. The summed E-state index contributed by atoms with van der Waals surface area (Å²) in [5.74, 6) is -0.494. The fourth-order valence-electron chi connectivity index (χ4n) is 2.85. The third-order valence-corrected chi connectivity index (χ3v) is 6.32. The monoisotopic (exact) mass is 407 g/mol. The zero-order chi connectivity index (χ0) is 19.4. The number of nitrogens with one attached hydrogen (secondary N) is 1. The van der Waals surface area contributed by atoms with E-state index in [0.717, 1.165) is 0 Å². The van der Waals surface area contributed by atoms with Crippen molar-refractivity contribution in [2.45, 2.75) is 12.8 Å². The molecule has 0 bridgehead atoms. The molecule has 1 fully saturated rings. The first-order valence-electron chi connectivity index (χ1n) is 8.39. The van der Waals surface area contributed by atoms with Crippen LogP contribution in [0.25, 0.3) is 0 Å². The van der Waals surface area contributed by atoms with Gasteiger partial charge < -0.3 is 10.1 Å². The summed E-state index contributed by atoms with van der Waals surface area (Å²) in [5.41, 5.74) is 1.03. The summed E-state index contributed by atoms with van der Waals surface area (Å²) in [5, 5.41) is 3.32. The minimum absolute atomic E-state index is 0.0336. The van der Waals surface area contributed by atoms with Crippen LogP contribution in [0.15, 0.2) is 48.5 Å². The molecule has 0 radical (unpaired) electrons. The van der Waals surface area contributed by atoms with Gasteiger partial charge in [0.25, 0.3) is 5.91 Å². The van der Waals surface area contributed by atoms with E-state index in [2.05, 4.69) is 5.32 Å². The first-order chi connectivity index (χ1) is 12.8. The summed E-state index contributed by atoms with van der Waals surface area (Å²) in [6, 6.07) is 12.9. The topological polar surface area (TPSA) is 89.5 Å². The second kappa shape index (κ2) is 8.10. The number of amides is 1. The standard InChI is InChI=1S/C19H18ClNO5S/c20-15-3-5-16(6-4-15)21-19(23)14-1-7-17(8-2-14)26-18(22)11-13-9-10-27(24,25)12-13/h1-8,13H,9-12H2,(H,21,23). The van der Waals surface area contributed by atoms with E-state index in [1.807, 2.05) is 0 Å². The first kappa shape index (κ1) is 19.4. The quantitative estimate of drug-likeness (QED) is 0.606. The minimum atomic E-state index is -3.02. The molecule has 1 heterocycles. The summed E-state index contributed by atoms with van der Waals surface area (Å²) in [6.07, 6.45) is 0.555. The summed E-state index contributed by atoms with van der Waals surface area (Å²) >= 11 is 5.81. The van der Waals surface area contributed by atoms with Gasteiger partial charge in [0.05, 0.1) is 11.5 Å². The normalized spacial score (nSPS) is 18.0. The van der Waals surface area contributed by atoms with Gasteiger partial charge >= 0.3 is 5.97 Å². The fraction of sp³-hybridized carbons (Fsp3) is 0.263. The van der Waals surface area contributed by atoms with Crippen molar-refractivity contribution in [3.05, 3.63) is 59.1 Å². The van der Waals surface area contributed by atoms with Gasteiger partial charge in [-0.05, 0) is 60.9 Å². The Hall–Kier alpha value is -2.38. The molecular formula is C19H18ClNO5S. The Balaban J connectivity index is 1.54. The molecule has 142 valence electrons. The van der Waals surface area contributed by atoms with Gasteiger partial charge in [-0.25, -0.2) is 8.42 Å². The number of anilines is 1. The Kier molecular flexibility index (Phi) is 5.82. The van der Waals surface area contributed by atoms with E-state index in [1.165, 1.54) is 12.1 Å². The van der Waals surface area contributed by atoms with Gasteiger partial charge in [-0.3, -0.25) is 9.59 Å². The van der Waals surface area contributed by atoms with Crippen molar-refractivity contribution >= 4 is 39.0 Å². The number of halogens is 1. The van der Waals surface area contributed by atoms with Crippen molar-refractivity contribution in [2.75, 3.05) is 16.8 Å². The molecule has 1 atom stereocenters. The van der Waals surface area contributed by atoms with Crippen LogP contribution in [-0.4, -0.2) is 31.8 Å². The highest BCUT2D eigenvalue weighted by atomic mass is 35.5. The predicted molar refractivity (Wildman–Crippen MR) is 103 cm³/mol. The van der Waals surface area contributed by atoms with Crippen molar-refractivity contribution in [2.24, 2.45) is 5.92 Å². The van der Waals surface area contributed by atoms with Crippen molar-refractivity contribution in [1.82, 2.24) is 0 Å². The molecule has 6 nitrogen and oxygen atoms in total. The molecule has 0 aromatic heterocycles. The second-order valence-corrected chi connectivity index (χ2v) is 9.10. The number of hydrogen-bond acceptors (Lipinski definition) is 5. The van der Waals surface area contributed by atoms with E-state index in [0.29, 0.717) is 28.4 Å². The highest BCUT2D eigenvalue weighted by molar-refractivity contribution is 7.91. The van der Waals surface area contributed by atoms with Crippen LogP contribution in [-0.2, 0) is 14.6 Å². The van der Waals surface area contributed by atoms with Gasteiger partial charge in [0.2, 0.25) is 0 Å². The maximum absolute atomic E-state index is 12.2. The van der Waals surface area contributed by atoms with E-state index in [4.69, 9.17) is 16.3 Å². The van der Waals surface area contributed by atoms with Crippen LogP contribution in [0.3, 0.4) is 0 Å². The van der Waals surface area contributed by atoms with Crippen molar-refractivity contribution < 1.29 is 22.7 Å². The average molecular weight is 408 g/mol. The Morgan fingerprint density at radius 3 is 2.33 bits per heavy atom. The van der Waals surface area contributed by atoms with E-state index in [9.17, 15) is 18.0 Å². The molecule has 1 N–H and O–H groups in total. The van der Waals surface area contributed by atoms with Crippen LogP contribution in [0.1, 0.15) is 23.2 Å². The van der Waals surface area contributed by atoms with E-state index >= 15 is 0 Å². The van der Waals surface area contributed by atoms with Crippen LogP contribution in [0.4, 0.5) is 5.69 Å². The molecule has 1 unspecified atom stereocenters. The van der Waals surface area contributed by atoms with Gasteiger partial charge in [-0.1, -0.05) is 11.6 Å². The average Bonchev–Trinajstić information content (AvgIpc) is 2.96. The van der Waals surface area contributed by atoms with Crippen LogP contribution in [0.2, 0.25) is 5.02 Å². The number of carbonyl (C=O) groups is 2. The number of ether oxygens (including phenoxy) is 1. The number of hydrogen-bond donors (Lipinski definition) is 1. The zero-order valence-electron chi connectivity index (χ0n) is 14.4. The maximum atomic E-state index is 12.2. The van der Waals surface area contributed by atoms with E-state index in [1.54, 1.807) is 36.4 Å². The molecule has 0 spiro atoms. The Bertz CT molecular complexity index is 939. The van der Waals surface area contributed by atoms with Crippen LogP contribution >= 0.6 is 11.6 Å². The highest BCUT2D eigenvalue weighted by Crippen LogP contribution is 2.23. The molecule has 1 amide bonds. The van der Waals surface area contributed by atoms with Gasteiger partial charge in [0, 0.05) is 22.7 Å². The lowest BCUT2D eigenvalue weighted by Gasteiger charge is -2.09. The SMILES string of the molecule is O=C(CC1CCS(=O)(=O)C1)Oc1ccc(C(=O)Nc2ccc(Cl)cc2)cc1. The van der Waals surface area contributed by atoms with Crippen molar-refractivity contribution in [3.8, 4) is 5.75 Å². The van der Waals surface area contributed by atoms with E-state index < -0.39 is 15.8 Å². The Morgan fingerprint density at radius 1 is 1.07 bits per heavy atom. The highest BCUT2D eigenvalue weighted by Gasteiger charge is 2.30. The first-order valence-corrected chi connectivity index (χ1v) is 10.6. The van der Waals surface area contributed by atoms with Gasteiger partial charge in [-0.2, -0.15) is 0 Å². The number of benzene rings is 2. The summed E-state index contributed by atoms with van der Waals surface area (Å²) in [6.45, 7) is 0. The van der Waals surface area contributed by atoms with Crippen LogP contribution in [0.5, 0.6) is 5.75 Å². The lowest BCUT2D eigenvalue weighted by Crippen LogP contribution is -2.15. The van der Waals surface area contributed by atoms with Gasteiger partial charge in [-0.15, -0.1) is 0 Å². The summed E-state index contributed by atoms with van der Waals surface area (Å²) in [4.78, 5) is 24.2. The number of esters is 1. The van der Waals surface area contributed by atoms with Crippen LogP contribution in [0, 0.1) is 5.92 Å². The Morgan fingerprint density at radius 2 is 1.74 bits per heavy atom. The van der Waals surface area contributed by atoms with Crippen LogP contribution < -0.4 is 10.1 Å². The minimum Gasteiger partial charge on any atom is -0.427 e. The van der Waals surface area contributed by atoms with Gasteiger partial charge in [0.15, 0.2) is 9.84 Å². The fourth-order valence-corrected chi connectivity index (χ4v) is 4.84. The summed E-state index contributed by atoms with van der Waals surface area (Å²) in [7, 11) is -3.02. The third kappa shape index (κ3) is 5.55. The molecule has 2 aromatic rings. The molecule has 3 rings (SSSR count). The smallest absolute Gasteiger partial charge is 0.311 e. The molecule has 27 heavy (non-hydrogen) atoms. The largest absolute Gasteiger partial charge is 0.427 e. The molecule has 1 aliphatic rings. The molecule has 0 aliphatic carbocycles. The molecule has 8 heteroatoms. The summed E-state index contributed by atoms with van der Waals surface area (Å²) < 4.78 is 28.1. The molecular weight excluding hydrogens is 390 g/mol. The second-order valence-electron chi connectivity index (χ2n) is 6.43. The molecule has 2 aromatic carbocycles. The number of sulfone groups is 1. The maximum Gasteiger partial charge on any atom is 0.311 e. The van der Waals surface area contributed by atoms with E-state index in [-0.39, 0.29) is 29.8 Å². The van der Waals surface area contributed by atoms with Crippen molar-refractivity contribution in [3.63, 3.8) is 0 Å². The number of carbonyl (C=O) groups excluding carboxylic acids is 2. The third-order valence-electron chi connectivity index (χ3n) is 4.23. The Labute approximate surface area is 162 Å². The molecule has 0 saturated carbocycles. The van der Waals surface area contributed by atoms with Gasteiger partial charge in [0.1, 0.15) is 5.75 Å².